The summed E-state index contributed by atoms with van der Waals surface area (Å²) < 4.78 is 2.42. The third-order valence-corrected chi connectivity index (χ3v) is 5.27. The van der Waals surface area contributed by atoms with E-state index < -0.39 is 0 Å². The van der Waals surface area contributed by atoms with E-state index in [2.05, 4.69) is 46.0 Å². The quantitative estimate of drug-likeness (QED) is 0.845. The summed E-state index contributed by atoms with van der Waals surface area (Å²) in [5, 5.41) is 1.27. The standard InChI is InChI=1S/C14H17BrN2S/c1-10-3-2-7-17(10)8-6-14-16-12-5-4-11(15)9-13(12)18-14/h4-5,9-10H,2-3,6-8H2,1H3. The van der Waals surface area contributed by atoms with Gasteiger partial charge >= 0.3 is 0 Å². The van der Waals surface area contributed by atoms with Crippen molar-refractivity contribution in [1.29, 1.82) is 0 Å². The molecule has 1 atom stereocenters. The molecule has 4 heteroatoms. The fourth-order valence-corrected chi connectivity index (χ4v) is 4.13. The number of thiazole rings is 1. The Balaban J connectivity index is 1.71. The molecule has 0 spiro atoms. The highest BCUT2D eigenvalue weighted by Crippen LogP contribution is 2.26. The minimum atomic E-state index is 0.758. The van der Waals surface area contributed by atoms with Crippen LogP contribution in [0.25, 0.3) is 10.2 Å². The highest BCUT2D eigenvalue weighted by molar-refractivity contribution is 9.10. The van der Waals surface area contributed by atoms with Crippen LogP contribution in [0.2, 0.25) is 0 Å². The molecule has 0 saturated carbocycles. The van der Waals surface area contributed by atoms with E-state index in [4.69, 9.17) is 4.98 Å². The van der Waals surface area contributed by atoms with E-state index in [1.165, 1.54) is 29.1 Å². The molecule has 2 aromatic rings. The Morgan fingerprint density at radius 2 is 2.39 bits per heavy atom. The topological polar surface area (TPSA) is 16.1 Å². The van der Waals surface area contributed by atoms with Gasteiger partial charge in [0.2, 0.25) is 0 Å². The van der Waals surface area contributed by atoms with Crippen LogP contribution >= 0.6 is 27.3 Å². The van der Waals surface area contributed by atoms with E-state index in [1.54, 1.807) is 0 Å². The van der Waals surface area contributed by atoms with E-state index in [1.807, 2.05) is 11.3 Å². The van der Waals surface area contributed by atoms with Crippen LogP contribution in [-0.2, 0) is 6.42 Å². The van der Waals surface area contributed by atoms with Crippen molar-refractivity contribution in [3.05, 3.63) is 27.7 Å². The van der Waals surface area contributed by atoms with Gasteiger partial charge in [0.1, 0.15) is 0 Å². The number of halogens is 1. The first-order valence-electron chi connectivity index (χ1n) is 6.51. The molecule has 0 amide bonds. The van der Waals surface area contributed by atoms with E-state index in [9.17, 15) is 0 Å². The predicted octanol–water partition coefficient (Wildman–Crippen LogP) is 4.09. The number of rotatable bonds is 3. The molecular weight excluding hydrogens is 308 g/mol. The van der Waals surface area contributed by atoms with E-state index in [0.717, 1.165) is 29.0 Å². The van der Waals surface area contributed by atoms with Crippen molar-refractivity contribution in [2.24, 2.45) is 0 Å². The predicted molar refractivity (Wildman–Crippen MR) is 81.3 cm³/mol. The van der Waals surface area contributed by atoms with Crippen LogP contribution in [0.4, 0.5) is 0 Å². The van der Waals surface area contributed by atoms with Crippen molar-refractivity contribution in [2.75, 3.05) is 13.1 Å². The van der Waals surface area contributed by atoms with E-state index >= 15 is 0 Å². The number of nitrogens with zero attached hydrogens (tertiary/aromatic N) is 2. The minimum absolute atomic E-state index is 0.758. The molecule has 1 aliphatic rings. The maximum absolute atomic E-state index is 4.71. The molecule has 0 aliphatic carbocycles. The van der Waals surface area contributed by atoms with Gasteiger partial charge in [-0.15, -0.1) is 11.3 Å². The smallest absolute Gasteiger partial charge is 0.0951 e. The van der Waals surface area contributed by atoms with Crippen LogP contribution < -0.4 is 0 Å². The number of likely N-dealkylation sites (tertiary alicyclic amines) is 1. The van der Waals surface area contributed by atoms with Gasteiger partial charge in [0.25, 0.3) is 0 Å². The van der Waals surface area contributed by atoms with Crippen molar-refractivity contribution in [1.82, 2.24) is 9.88 Å². The highest BCUT2D eigenvalue weighted by Gasteiger charge is 2.19. The second kappa shape index (κ2) is 5.27. The fraction of sp³-hybridized carbons (Fsp3) is 0.500. The first kappa shape index (κ1) is 12.6. The summed E-state index contributed by atoms with van der Waals surface area (Å²) in [6.07, 6.45) is 3.79. The number of benzene rings is 1. The fourth-order valence-electron chi connectivity index (χ4n) is 2.62. The van der Waals surface area contributed by atoms with Crippen LogP contribution in [-0.4, -0.2) is 29.0 Å². The maximum Gasteiger partial charge on any atom is 0.0951 e. The minimum Gasteiger partial charge on any atom is -0.300 e. The van der Waals surface area contributed by atoms with Crippen molar-refractivity contribution < 1.29 is 0 Å². The Kier molecular flexibility index (Phi) is 3.68. The molecule has 1 saturated heterocycles. The Labute approximate surface area is 120 Å². The Morgan fingerprint density at radius 1 is 1.50 bits per heavy atom. The molecule has 2 nitrogen and oxygen atoms in total. The molecule has 18 heavy (non-hydrogen) atoms. The zero-order valence-electron chi connectivity index (χ0n) is 10.5. The Bertz CT molecular complexity index is 552. The SMILES string of the molecule is CC1CCCN1CCc1nc2ccc(Br)cc2s1. The van der Waals surface area contributed by atoms with Gasteiger partial charge in [-0.2, -0.15) is 0 Å². The monoisotopic (exact) mass is 324 g/mol. The average Bonchev–Trinajstić information content (AvgIpc) is 2.92. The summed E-state index contributed by atoms with van der Waals surface area (Å²) in [6, 6.07) is 7.08. The Hall–Kier alpha value is -0.450. The molecule has 1 aromatic heterocycles. The van der Waals surface area contributed by atoms with Gasteiger partial charge in [-0.05, 0) is 44.5 Å². The van der Waals surface area contributed by atoms with Gasteiger partial charge in [-0.25, -0.2) is 4.98 Å². The summed E-state index contributed by atoms with van der Waals surface area (Å²) >= 11 is 5.34. The summed E-state index contributed by atoms with van der Waals surface area (Å²) in [5.74, 6) is 0. The lowest BCUT2D eigenvalue weighted by atomic mass is 10.2. The lowest BCUT2D eigenvalue weighted by molar-refractivity contribution is 0.272. The summed E-state index contributed by atoms with van der Waals surface area (Å²) in [5.41, 5.74) is 1.13. The first-order valence-corrected chi connectivity index (χ1v) is 8.12. The third kappa shape index (κ3) is 2.60. The molecule has 1 unspecified atom stereocenters. The summed E-state index contributed by atoms with van der Waals surface area (Å²) in [7, 11) is 0. The molecule has 96 valence electrons. The third-order valence-electron chi connectivity index (χ3n) is 3.70. The number of hydrogen-bond donors (Lipinski definition) is 0. The van der Waals surface area contributed by atoms with Gasteiger partial charge in [0.15, 0.2) is 0 Å². The zero-order valence-corrected chi connectivity index (χ0v) is 12.9. The van der Waals surface area contributed by atoms with Crippen LogP contribution in [0.15, 0.2) is 22.7 Å². The van der Waals surface area contributed by atoms with Gasteiger partial charge < -0.3 is 4.90 Å². The number of hydrogen-bond acceptors (Lipinski definition) is 3. The molecule has 1 fully saturated rings. The molecular formula is C14H17BrN2S. The van der Waals surface area contributed by atoms with Crippen molar-refractivity contribution >= 4 is 37.5 Å². The zero-order chi connectivity index (χ0) is 12.5. The van der Waals surface area contributed by atoms with Crippen LogP contribution in [0.5, 0.6) is 0 Å². The molecule has 1 aliphatic heterocycles. The molecule has 0 radical (unpaired) electrons. The normalized spacial score (nSPS) is 20.9. The number of aromatic nitrogens is 1. The highest BCUT2D eigenvalue weighted by atomic mass is 79.9. The lowest BCUT2D eigenvalue weighted by Gasteiger charge is -2.19. The molecule has 1 aromatic carbocycles. The second-order valence-corrected chi connectivity index (χ2v) is 7.03. The maximum atomic E-state index is 4.71. The number of fused-ring (bicyclic) bond motifs is 1. The largest absolute Gasteiger partial charge is 0.300 e. The van der Waals surface area contributed by atoms with Crippen LogP contribution in [0.3, 0.4) is 0 Å². The van der Waals surface area contributed by atoms with E-state index in [-0.39, 0.29) is 0 Å². The van der Waals surface area contributed by atoms with Gasteiger partial charge in [-0.3, -0.25) is 0 Å². The van der Waals surface area contributed by atoms with Crippen molar-refractivity contribution in [3.63, 3.8) is 0 Å². The van der Waals surface area contributed by atoms with Gasteiger partial charge in [0.05, 0.1) is 15.2 Å². The van der Waals surface area contributed by atoms with E-state index in [0.29, 0.717) is 0 Å². The van der Waals surface area contributed by atoms with Crippen LogP contribution in [0.1, 0.15) is 24.8 Å². The van der Waals surface area contributed by atoms with Gasteiger partial charge in [0, 0.05) is 23.5 Å². The van der Waals surface area contributed by atoms with Crippen LogP contribution in [0, 0.1) is 0 Å². The average molecular weight is 325 g/mol. The molecule has 0 bridgehead atoms. The Morgan fingerprint density at radius 3 is 3.17 bits per heavy atom. The first-order chi connectivity index (χ1) is 8.72. The lowest BCUT2D eigenvalue weighted by Crippen LogP contribution is -2.28. The molecule has 0 N–H and O–H groups in total. The van der Waals surface area contributed by atoms with Gasteiger partial charge in [-0.1, -0.05) is 15.9 Å². The molecule has 2 heterocycles. The summed E-state index contributed by atoms with van der Waals surface area (Å²) in [6.45, 7) is 4.75. The summed E-state index contributed by atoms with van der Waals surface area (Å²) in [4.78, 5) is 7.30. The van der Waals surface area contributed by atoms with Crippen molar-refractivity contribution in [3.8, 4) is 0 Å². The molecule has 3 rings (SSSR count). The van der Waals surface area contributed by atoms with Crippen molar-refractivity contribution in [2.45, 2.75) is 32.2 Å². The second-order valence-electron chi connectivity index (χ2n) is 5.00.